The number of carbonyl (C=O) groups excluding carboxylic acids is 5. The molecule has 2 fully saturated rings. The van der Waals surface area contributed by atoms with Gasteiger partial charge in [0.05, 0.1) is 25.2 Å². The van der Waals surface area contributed by atoms with Crippen molar-refractivity contribution >= 4 is 51.5 Å². The lowest BCUT2D eigenvalue weighted by Crippen LogP contribution is -2.66. The molecule has 1 aromatic heterocycles. The number of rotatable bonds is 17. The molecule has 2 saturated heterocycles. The molecule has 21 heteroatoms. The SMILES string of the molecule is CC(C)C[C@H](CC(=O)[C@H](Cc1ccccc1)NC(=O)c1cnccn1)[B-]12OC(=O)C[N+]1(CCOC(=O)CC(P(=O)(O)O)P(=O)(O)O)CC(=O)O2. The van der Waals surface area contributed by atoms with Crippen LogP contribution in [0.15, 0.2) is 48.9 Å². The Hall–Kier alpha value is -3.83. The zero-order valence-electron chi connectivity index (χ0n) is 27.3. The Bertz CT molecular complexity index is 1650. The molecule has 2 aromatic rings. The van der Waals surface area contributed by atoms with Crippen LogP contribution in [-0.4, -0.2) is 108 Å². The fourth-order valence-electron chi connectivity index (χ4n) is 6.64. The highest BCUT2D eigenvalue weighted by molar-refractivity contribution is 7.70. The van der Waals surface area contributed by atoms with Gasteiger partial charge in [-0.1, -0.05) is 50.6 Å². The summed E-state index contributed by atoms with van der Waals surface area (Å²) in [5.41, 5.74) is 0.716. The Balaban J connectivity index is 1.60. The molecule has 50 heavy (non-hydrogen) atoms. The van der Waals surface area contributed by atoms with Gasteiger partial charge in [0.25, 0.3) is 5.91 Å². The van der Waals surface area contributed by atoms with E-state index in [9.17, 15) is 52.7 Å². The number of quaternary nitrogens is 1. The molecule has 0 aliphatic carbocycles. The number of esters is 1. The van der Waals surface area contributed by atoms with Gasteiger partial charge in [-0.2, -0.15) is 0 Å². The predicted molar refractivity (Wildman–Crippen MR) is 173 cm³/mol. The first kappa shape index (κ1) is 39.0. The van der Waals surface area contributed by atoms with E-state index in [1.54, 1.807) is 30.3 Å². The summed E-state index contributed by atoms with van der Waals surface area (Å²) in [6.45, 7) is -0.880. The van der Waals surface area contributed by atoms with E-state index < -0.39 is 99.2 Å². The van der Waals surface area contributed by atoms with Crippen molar-refractivity contribution in [3.63, 3.8) is 0 Å². The van der Waals surface area contributed by atoms with Crippen molar-refractivity contribution in [2.24, 2.45) is 5.92 Å². The van der Waals surface area contributed by atoms with Gasteiger partial charge in [0.15, 0.2) is 11.2 Å². The second kappa shape index (κ2) is 15.6. The molecule has 2 aliphatic rings. The first-order chi connectivity index (χ1) is 23.3. The van der Waals surface area contributed by atoms with Crippen molar-refractivity contribution in [1.82, 2.24) is 15.3 Å². The minimum Gasteiger partial charge on any atom is -0.600 e. The lowest BCUT2D eigenvalue weighted by atomic mass is 9.51. The number of fused-ring (bicyclic) bond motifs is 1. The number of Topliss-reactive ketones (excluding diaryl/α,β-unsaturated/α-hetero) is 1. The summed E-state index contributed by atoms with van der Waals surface area (Å²) in [5, 5.41) is 0.106. The van der Waals surface area contributed by atoms with Gasteiger partial charge in [-0.3, -0.25) is 38.1 Å². The minimum atomic E-state index is -5.41. The molecule has 5 N–H and O–H groups in total. The number of carbonyl (C=O) groups is 5. The molecule has 18 nitrogen and oxygen atoms in total. The van der Waals surface area contributed by atoms with E-state index in [2.05, 4.69) is 15.3 Å². The van der Waals surface area contributed by atoms with Crippen LogP contribution in [0.5, 0.6) is 0 Å². The standard InChI is InChI=1S/C29H39BN4O14P2/c1-19(2)12-21(14-24(35)22(13-20-6-4-3-5-7-20)33-29(39)23-16-31-8-9-32-23)30-34(17-26(37)47-30,18-27(38)48-30)10-11-46-25(36)15-28(49(40,41)42)50(43,44)45/h3-9,16,19,21-22,28H,10-15,17-18H2,1-2H3,(H,33,39)(H2,40,41,42)(H2,43,44,45)/t21-,22+,30?,34?/m1/s1. The lowest BCUT2D eigenvalue weighted by molar-refractivity contribution is -0.816. The third kappa shape index (κ3) is 9.28. The van der Waals surface area contributed by atoms with Crippen molar-refractivity contribution in [3.8, 4) is 0 Å². The van der Waals surface area contributed by atoms with Crippen LogP contribution >= 0.6 is 15.2 Å². The number of nitrogens with one attached hydrogen (secondary N) is 1. The number of hydrogen-bond donors (Lipinski definition) is 5. The topological polar surface area (TPSA) is 266 Å². The molecule has 0 bridgehead atoms. The zero-order chi connectivity index (χ0) is 36.9. The quantitative estimate of drug-likeness (QED) is 0.0848. The average Bonchev–Trinajstić information content (AvgIpc) is 3.44. The van der Waals surface area contributed by atoms with Crippen molar-refractivity contribution in [1.29, 1.82) is 0 Å². The largest absolute Gasteiger partial charge is 0.600 e. The van der Waals surface area contributed by atoms with Gasteiger partial charge in [0.2, 0.25) is 0 Å². The fourth-order valence-corrected chi connectivity index (χ4v) is 8.98. The summed E-state index contributed by atoms with van der Waals surface area (Å²) in [7, 11) is -10.8. The smallest absolute Gasteiger partial charge is 0.587 e. The van der Waals surface area contributed by atoms with Crippen LogP contribution < -0.4 is 5.32 Å². The normalized spacial score (nSPS) is 21.7. The molecule has 2 atom stereocenters. The molecule has 1 amide bonds. The Morgan fingerprint density at radius 1 is 0.980 bits per heavy atom. The second-order valence-corrected chi connectivity index (χ2v) is 16.9. The highest BCUT2D eigenvalue weighted by Gasteiger charge is 2.70. The van der Waals surface area contributed by atoms with E-state index >= 15 is 0 Å². The van der Waals surface area contributed by atoms with E-state index in [0.29, 0.717) is 0 Å². The van der Waals surface area contributed by atoms with Crippen molar-refractivity contribution in [2.45, 2.75) is 56.8 Å². The van der Waals surface area contributed by atoms with Crippen LogP contribution in [-0.2, 0) is 48.8 Å². The first-order valence-corrected chi connectivity index (χ1v) is 19.0. The molecular weight excluding hydrogens is 701 g/mol. The van der Waals surface area contributed by atoms with Crippen LogP contribution in [0.4, 0.5) is 0 Å². The lowest BCUT2D eigenvalue weighted by Gasteiger charge is -2.47. The van der Waals surface area contributed by atoms with Gasteiger partial charge in [-0.05, 0) is 30.1 Å². The number of benzene rings is 1. The second-order valence-electron chi connectivity index (χ2n) is 12.9. The summed E-state index contributed by atoms with van der Waals surface area (Å²) >= 11 is 0. The molecule has 0 saturated carbocycles. The molecule has 3 heterocycles. The zero-order valence-corrected chi connectivity index (χ0v) is 29.1. The van der Waals surface area contributed by atoms with E-state index in [1.165, 1.54) is 18.6 Å². The average molecular weight is 740 g/mol. The van der Waals surface area contributed by atoms with Gasteiger partial charge in [0, 0.05) is 12.4 Å². The third-order valence-corrected chi connectivity index (χ3v) is 12.5. The fraction of sp³-hybridized carbons (Fsp3) is 0.483. The molecule has 0 unspecified atom stereocenters. The van der Waals surface area contributed by atoms with E-state index in [4.69, 9.17) is 14.0 Å². The van der Waals surface area contributed by atoms with Crippen molar-refractivity contribution in [3.05, 3.63) is 60.2 Å². The van der Waals surface area contributed by atoms with Gasteiger partial charge in [-0.15, -0.1) is 0 Å². The summed E-state index contributed by atoms with van der Waals surface area (Å²) in [6, 6.07) is 7.83. The van der Waals surface area contributed by atoms with Crippen LogP contribution in [0.1, 0.15) is 49.2 Å². The Labute approximate surface area is 286 Å². The van der Waals surface area contributed by atoms with Crippen LogP contribution in [0.2, 0.25) is 5.82 Å². The Morgan fingerprint density at radius 2 is 1.60 bits per heavy atom. The number of ether oxygens (including phenoxy) is 1. The van der Waals surface area contributed by atoms with Crippen LogP contribution in [0.25, 0.3) is 0 Å². The number of nitrogens with zero attached hydrogens (tertiary/aromatic N) is 3. The molecule has 2 aliphatic heterocycles. The van der Waals surface area contributed by atoms with E-state index in [-0.39, 0.29) is 37.4 Å². The van der Waals surface area contributed by atoms with Crippen molar-refractivity contribution < 1.29 is 71.1 Å². The molecule has 0 radical (unpaired) electrons. The summed E-state index contributed by atoms with van der Waals surface area (Å²) in [6.07, 6.45) is 2.69. The van der Waals surface area contributed by atoms with E-state index in [1.807, 2.05) is 13.8 Å². The third-order valence-electron chi connectivity index (χ3n) is 8.78. The number of aromatic nitrogens is 2. The monoisotopic (exact) mass is 740 g/mol. The molecule has 1 aromatic carbocycles. The molecule has 4 rings (SSSR count). The summed E-state index contributed by atoms with van der Waals surface area (Å²) in [5.74, 6) is -4.94. The van der Waals surface area contributed by atoms with Crippen LogP contribution in [0.3, 0.4) is 0 Å². The number of hydrogen-bond acceptors (Lipinski definition) is 12. The maximum atomic E-state index is 14.2. The predicted octanol–water partition coefficient (Wildman–Crippen LogP) is 0.677. The summed E-state index contributed by atoms with van der Waals surface area (Å²) in [4.78, 5) is 111. The maximum Gasteiger partial charge on any atom is 0.587 e. The molecular formula is C29H39BN4O14P2. The van der Waals surface area contributed by atoms with Gasteiger partial charge in [-0.25, -0.2) is 4.98 Å². The number of amides is 1. The maximum absolute atomic E-state index is 14.2. The highest BCUT2D eigenvalue weighted by Crippen LogP contribution is 2.61. The Morgan fingerprint density at radius 3 is 2.14 bits per heavy atom. The first-order valence-electron chi connectivity index (χ1n) is 15.7. The van der Waals surface area contributed by atoms with Gasteiger partial charge < -0.3 is 43.3 Å². The molecule has 272 valence electrons. The van der Waals surface area contributed by atoms with Gasteiger partial charge >= 0.3 is 39.8 Å². The van der Waals surface area contributed by atoms with Crippen LogP contribution in [0, 0.1) is 5.92 Å². The van der Waals surface area contributed by atoms with Gasteiger partial charge in [0.1, 0.15) is 25.4 Å². The summed E-state index contributed by atoms with van der Waals surface area (Å²) < 4.78 is 39.5. The highest BCUT2D eigenvalue weighted by atomic mass is 31.2. The Kier molecular flexibility index (Phi) is 12.2. The molecule has 0 spiro atoms. The minimum absolute atomic E-state index is 0.0208. The van der Waals surface area contributed by atoms with Crippen molar-refractivity contribution in [2.75, 3.05) is 26.2 Å². The van der Waals surface area contributed by atoms with E-state index in [0.717, 1.165) is 5.56 Å². The number of ketones is 1.